The van der Waals surface area contributed by atoms with E-state index in [0.717, 1.165) is 38.5 Å². The number of amides is 1. The second-order valence-corrected chi connectivity index (χ2v) is 5.08. The lowest BCUT2D eigenvalue weighted by Crippen LogP contribution is -2.43. The summed E-state index contributed by atoms with van der Waals surface area (Å²) >= 11 is 0. The van der Waals surface area contributed by atoms with Gasteiger partial charge in [-0.1, -0.05) is 39.5 Å². The van der Waals surface area contributed by atoms with Gasteiger partial charge in [-0.2, -0.15) is 0 Å². The number of rotatable bonds is 11. The van der Waals surface area contributed by atoms with Gasteiger partial charge in [0.15, 0.2) is 0 Å². The topological polar surface area (TPSA) is 92.4 Å². The van der Waals surface area contributed by atoms with Gasteiger partial charge in [-0.3, -0.25) is 4.79 Å². The van der Waals surface area contributed by atoms with Crippen molar-refractivity contribution in [3.63, 3.8) is 0 Å². The van der Waals surface area contributed by atoms with Crippen LogP contribution in [0.2, 0.25) is 0 Å². The SMILES string of the molecule is CCCCCC(NC(=O)[C@@H](C)CCCCN)C(=O)O. The third-order valence-electron chi connectivity index (χ3n) is 3.25. The molecule has 0 aromatic rings. The maximum Gasteiger partial charge on any atom is 0.326 e. The summed E-state index contributed by atoms with van der Waals surface area (Å²) in [7, 11) is 0. The molecule has 0 fully saturated rings. The minimum atomic E-state index is -0.946. The number of carbonyl (C=O) groups is 2. The Kier molecular flexibility index (Phi) is 10.2. The maximum absolute atomic E-state index is 11.9. The largest absolute Gasteiger partial charge is 0.480 e. The summed E-state index contributed by atoms with van der Waals surface area (Å²) in [5.41, 5.74) is 5.40. The van der Waals surface area contributed by atoms with Crippen LogP contribution in [0.5, 0.6) is 0 Å². The Bertz CT molecular complexity index is 269. The Morgan fingerprint density at radius 2 is 1.79 bits per heavy atom. The van der Waals surface area contributed by atoms with E-state index in [-0.39, 0.29) is 11.8 Å². The van der Waals surface area contributed by atoms with Crippen LogP contribution in [-0.4, -0.2) is 29.6 Å². The second kappa shape index (κ2) is 10.8. The molecule has 0 rings (SSSR count). The molecule has 0 aliphatic carbocycles. The lowest BCUT2D eigenvalue weighted by Gasteiger charge is -2.17. The summed E-state index contributed by atoms with van der Waals surface area (Å²) in [5.74, 6) is -1.26. The van der Waals surface area contributed by atoms with Crippen LogP contribution in [0.4, 0.5) is 0 Å². The van der Waals surface area contributed by atoms with Crippen molar-refractivity contribution in [1.29, 1.82) is 0 Å². The van der Waals surface area contributed by atoms with Gasteiger partial charge in [0.05, 0.1) is 0 Å². The minimum absolute atomic E-state index is 0.153. The number of carboxylic acid groups (broad SMARTS) is 1. The molecule has 0 heterocycles. The minimum Gasteiger partial charge on any atom is -0.480 e. The van der Waals surface area contributed by atoms with Gasteiger partial charge in [-0.05, 0) is 25.8 Å². The van der Waals surface area contributed by atoms with Crippen LogP contribution in [0, 0.1) is 5.92 Å². The number of hydrogen-bond donors (Lipinski definition) is 3. The Hall–Kier alpha value is -1.10. The number of carboxylic acids is 1. The van der Waals surface area contributed by atoms with Crippen LogP contribution in [0.25, 0.3) is 0 Å². The number of carbonyl (C=O) groups excluding carboxylic acids is 1. The predicted molar refractivity (Wildman–Crippen MR) is 75.8 cm³/mol. The summed E-state index contributed by atoms with van der Waals surface area (Å²) in [4.78, 5) is 23.0. The van der Waals surface area contributed by atoms with Crippen molar-refractivity contribution in [2.24, 2.45) is 11.7 Å². The number of nitrogens with two attached hydrogens (primary N) is 1. The molecule has 0 spiro atoms. The monoisotopic (exact) mass is 272 g/mol. The smallest absolute Gasteiger partial charge is 0.326 e. The molecule has 1 unspecified atom stereocenters. The highest BCUT2D eigenvalue weighted by molar-refractivity contribution is 5.84. The fourth-order valence-corrected chi connectivity index (χ4v) is 1.90. The molecule has 4 N–H and O–H groups in total. The van der Waals surface area contributed by atoms with Gasteiger partial charge < -0.3 is 16.2 Å². The summed E-state index contributed by atoms with van der Waals surface area (Å²) in [6.45, 7) is 4.52. The fourth-order valence-electron chi connectivity index (χ4n) is 1.90. The fraction of sp³-hybridized carbons (Fsp3) is 0.857. The highest BCUT2D eigenvalue weighted by Crippen LogP contribution is 2.09. The molecule has 0 aliphatic heterocycles. The van der Waals surface area contributed by atoms with Crippen LogP contribution in [0.1, 0.15) is 58.8 Å². The van der Waals surface area contributed by atoms with Crippen LogP contribution >= 0.6 is 0 Å². The van der Waals surface area contributed by atoms with Crippen molar-refractivity contribution >= 4 is 11.9 Å². The zero-order valence-corrected chi connectivity index (χ0v) is 12.2. The molecule has 0 saturated carbocycles. The Morgan fingerprint density at radius 1 is 1.16 bits per heavy atom. The van der Waals surface area contributed by atoms with Gasteiger partial charge in [0, 0.05) is 5.92 Å². The van der Waals surface area contributed by atoms with Gasteiger partial charge in [-0.25, -0.2) is 4.79 Å². The summed E-state index contributed by atoms with van der Waals surface area (Å²) < 4.78 is 0. The van der Waals surface area contributed by atoms with Crippen LogP contribution in [0.15, 0.2) is 0 Å². The summed E-state index contributed by atoms with van der Waals surface area (Å²) in [6.07, 6.45) is 5.92. The van der Waals surface area contributed by atoms with Gasteiger partial charge in [-0.15, -0.1) is 0 Å². The molecule has 0 radical (unpaired) electrons. The van der Waals surface area contributed by atoms with E-state index in [1.165, 1.54) is 0 Å². The van der Waals surface area contributed by atoms with Crippen LogP contribution in [0.3, 0.4) is 0 Å². The first-order chi connectivity index (χ1) is 9.02. The first-order valence-electron chi connectivity index (χ1n) is 7.26. The standard InChI is InChI=1S/C14H28N2O3/c1-3-4-5-9-12(14(18)19)16-13(17)11(2)8-6-7-10-15/h11-12H,3-10,15H2,1-2H3,(H,16,17)(H,18,19)/t11-,12?/m0/s1. The van der Waals surface area contributed by atoms with Crippen molar-refractivity contribution in [2.45, 2.75) is 64.8 Å². The average molecular weight is 272 g/mol. The third kappa shape index (κ3) is 8.59. The van der Waals surface area contributed by atoms with Crippen molar-refractivity contribution in [2.75, 3.05) is 6.54 Å². The Balaban J connectivity index is 4.11. The summed E-state index contributed by atoms with van der Waals surface area (Å²) in [5, 5.41) is 11.7. The van der Waals surface area contributed by atoms with Gasteiger partial charge in [0.1, 0.15) is 6.04 Å². The molecule has 19 heavy (non-hydrogen) atoms. The van der Waals surface area contributed by atoms with Crippen molar-refractivity contribution < 1.29 is 14.7 Å². The molecule has 0 bridgehead atoms. The van der Waals surface area contributed by atoms with Gasteiger partial charge in [0.2, 0.25) is 5.91 Å². The quantitative estimate of drug-likeness (QED) is 0.501. The molecular weight excluding hydrogens is 244 g/mol. The molecule has 1 amide bonds. The lowest BCUT2D eigenvalue weighted by molar-refractivity contribution is -0.142. The van der Waals surface area contributed by atoms with E-state index in [9.17, 15) is 9.59 Å². The third-order valence-corrected chi connectivity index (χ3v) is 3.25. The van der Waals surface area contributed by atoms with Gasteiger partial charge in [0.25, 0.3) is 0 Å². The average Bonchev–Trinajstić information content (AvgIpc) is 2.37. The highest BCUT2D eigenvalue weighted by Gasteiger charge is 2.22. The van der Waals surface area contributed by atoms with E-state index in [2.05, 4.69) is 12.2 Å². The van der Waals surface area contributed by atoms with E-state index in [4.69, 9.17) is 10.8 Å². The number of hydrogen-bond acceptors (Lipinski definition) is 3. The molecule has 0 aromatic heterocycles. The van der Waals surface area contributed by atoms with Crippen molar-refractivity contribution in [3.05, 3.63) is 0 Å². The van der Waals surface area contributed by atoms with Crippen LogP contribution in [-0.2, 0) is 9.59 Å². The predicted octanol–water partition coefficient (Wildman–Crippen LogP) is 1.90. The molecule has 0 aromatic carbocycles. The van der Waals surface area contributed by atoms with Crippen molar-refractivity contribution in [1.82, 2.24) is 5.32 Å². The van der Waals surface area contributed by atoms with E-state index >= 15 is 0 Å². The van der Waals surface area contributed by atoms with E-state index in [1.54, 1.807) is 0 Å². The first kappa shape index (κ1) is 17.9. The normalized spacial score (nSPS) is 13.8. The summed E-state index contributed by atoms with van der Waals surface area (Å²) in [6, 6.07) is -0.754. The second-order valence-electron chi connectivity index (χ2n) is 5.08. The van der Waals surface area contributed by atoms with E-state index in [0.29, 0.717) is 13.0 Å². The van der Waals surface area contributed by atoms with Gasteiger partial charge >= 0.3 is 5.97 Å². The first-order valence-corrected chi connectivity index (χ1v) is 7.26. The zero-order valence-electron chi connectivity index (χ0n) is 12.2. The molecule has 0 saturated heterocycles. The highest BCUT2D eigenvalue weighted by atomic mass is 16.4. The van der Waals surface area contributed by atoms with Crippen LogP contribution < -0.4 is 11.1 Å². The number of unbranched alkanes of at least 4 members (excludes halogenated alkanes) is 3. The maximum atomic E-state index is 11.9. The molecule has 112 valence electrons. The van der Waals surface area contributed by atoms with E-state index < -0.39 is 12.0 Å². The molecular formula is C14H28N2O3. The van der Waals surface area contributed by atoms with E-state index in [1.807, 2.05) is 6.92 Å². The molecule has 5 heteroatoms. The molecule has 2 atom stereocenters. The Morgan fingerprint density at radius 3 is 2.32 bits per heavy atom. The number of nitrogens with one attached hydrogen (secondary N) is 1. The zero-order chi connectivity index (χ0) is 14.7. The number of aliphatic carboxylic acids is 1. The molecule has 5 nitrogen and oxygen atoms in total. The van der Waals surface area contributed by atoms with Crippen molar-refractivity contribution in [3.8, 4) is 0 Å². The Labute approximate surface area is 115 Å². The lowest BCUT2D eigenvalue weighted by atomic mass is 10.0. The molecule has 0 aliphatic rings.